The van der Waals surface area contributed by atoms with Crippen LogP contribution in [0, 0.1) is 0 Å². The van der Waals surface area contributed by atoms with Crippen molar-refractivity contribution < 1.29 is 14.6 Å². The van der Waals surface area contributed by atoms with Crippen molar-refractivity contribution in [3.63, 3.8) is 0 Å². The number of hydrogen-bond donors (Lipinski definition) is 2. The largest absolute Gasteiger partial charge is 0.494 e. The number of hydrogen-bond acceptors (Lipinski definition) is 3. The predicted molar refractivity (Wildman–Crippen MR) is 66.2 cm³/mol. The Morgan fingerprint density at radius 3 is 2.69 bits per heavy atom. The van der Waals surface area contributed by atoms with E-state index in [0.717, 1.165) is 18.6 Å². The third kappa shape index (κ3) is 5.66. The molecule has 0 spiro atoms. The summed E-state index contributed by atoms with van der Waals surface area (Å²) in [6, 6.07) is 9.57. The molecule has 3 nitrogen and oxygen atoms in total. The average molecular weight is 240 g/mol. The van der Waals surface area contributed by atoms with Crippen LogP contribution in [0.3, 0.4) is 0 Å². The van der Waals surface area contributed by atoms with Gasteiger partial charge in [-0.05, 0) is 25.0 Å². The van der Waals surface area contributed by atoms with Crippen molar-refractivity contribution in [2.75, 3.05) is 6.61 Å². The molecule has 0 fully saturated rings. The van der Waals surface area contributed by atoms with E-state index in [9.17, 15) is 4.79 Å². The van der Waals surface area contributed by atoms with E-state index in [0.29, 0.717) is 6.61 Å². The van der Waals surface area contributed by atoms with Crippen LogP contribution < -0.4 is 4.74 Å². The lowest BCUT2D eigenvalue weighted by Gasteiger charge is -2.08. The number of aliphatic carboxylic acids is 1. The smallest absolute Gasteiger partial charge is 0.304 e. The second kappa shape index (κ2) is 7.17. The molecule has 0 radical (unpaired) electrons. The molecule has 0 saturated carbocycles. The Bertz CT molecular complexity index is 313. The highest BCUT2D eigenvalue weighted by Crippen LogP contribution is 2.12. The average Bonchev–Trinajstić information content (AvgIpc) is 2.25. The van der Waals surface area contributed by atoms with Crippen LogP contribution in [0.4, 0.5) is 0 Å². The highest BCUT2D eigenvalue weighted by atomic mass is 32.1. The number of ether oxygens (including phenoxy) is 1. The molecular weight excluding hydrogens is 224 g/mol. The van der Waals surface area contributed by atoms with Gasteiger partial charge in [0, 0.05) is 5.25 Å². The fourth-order valence-corrected chi connectivity index (χ4v) is 1.67. The molecule has 1 rings (SSSR count). The molecule has 0 aliphatic carbocycles. The molecular formula is C12H16O3S. The monoisotopic (exact) mass is 240 g/mol. The molecule has 1 N–H and O–H groups in total. The highest BCUT2D eigenvalue weighted by molar-refractivity contribution is 7.81. The Hall–Kier alpha value is -1.16. The zero-order chi connectivity index (χ0) is 11.8. The van der Waals surface area contributed by atoms with Crippen molar-refractivity contribution in [2.45, 2.75) is 24.5 Å². The van der Waals surface area contributed by atoms with E-state index in [4.69, 9.17) is 9.84 Å². The van der Waals surface area contributed by atoms with Crippen molar-refractivity contribution >= 4 is 18.6 Å². The maximum atomic E-state index is 10.4. The molecule has 4 heteroatoms. The van der Waals surface area contributed by atoms with E-state index in [2.05, 4.69) is 12.6 Å². The molecule has 0 amide bonds. The zero-order valence-electron chi connectivity index (χ0n) is 9.00. The molecule has 88 valence electrons. The SMILES string of the molecule is O=C(O)CC(S)CCCOc1ccccc1. The minimum absolute atomic E-state index is 0.0862. The summed E-state index contributed by atoms with van der Waals surface area (Å²) in [5.41, 5.74) is 0. The Balaban J connectivity index is 2.10. The van der Waals surface area contributed by atoms with Crippen LogP contribution in [-0.4, -0.2) is 22.9 Å². The number of carbonyl (C=O) groups is 1. The van der Waals surface area contributed by atoms with Gasteiger partial charge in [0.15, 0.2) is 0 Å². The number of rotatable bonds is 7. The van der Waals surface area contributed by atoms with Crippen LogP contribution in [0.2, 0.25) is 0 Å². The quantitative estimate of drug-likeness (QED) is 0.569. The lowest BCUT2D eigenvalue weighted by molar-refractivity contribution is -0.137. The Labute approximate surface area is 101 Å². The van der Waals surface area contributed by atoms with E-state index in [1.165, 1.54) is 0 Å². The number of carboxylic acids is 1. The maximum absolute atomic E-state index is 10.4. The van der Waals surface area contributed by atoms with Crippen molar-refractivity contribution in [3.8, 4) is 5.75 Å². The van der Waals surface area contributed by atoms with Crippen molar-refractivity contribution in [1.29, 1.82) is 0 Å². The second-order valence-electron chi connectivity index (χ2n) is 3.56. The molecule has 16 heavy (non-hydrogen) atoms. The molecule has 0 aromatic heterocycles. The first-order chi connectivity index (χ1) is 7.68. The van der Waals surface area contributed by atoms with Gasteiger partial charge in [0.1, 0.15) is 5.75 Å². The van der Waals surface area contributed by atoms with Gasteiger partial charge in [-0.3, -0.25) is 4.79 Å². The van der Waals surface area contributed by atoms with Gasteiger partial charge in [0.05, 0.1) is 13.0 Å². The van der Waals surface area contributed by atoms with Crippen LogP contribution >= 0.6 is 12.6 Å². The molecule has 1 aromatic carbocycles. The van der Waals surface area contributed by atoms with Gasteiger partial charge < -0.3 is 9.84 Å². The van der Waals surface area contributed by atoms with Gasteiger partial charge in [-0.25, -0.2) is 0 Å². The molecule has 0 saturated heterocycles. The molecule has 0 aliphatic rings. The summed E-state index contributed by atoms with van der Waals surface area (Å²) in [6.45, 7) is 0.598. The fourth-order valence-electron chi connectivity index (χ4n) is 1.33. The summed E-state index contributed by atoms with van der Waals surface area (Å²) in [4.78, 5) is 10.4. The maximum Gasteiger partial charge on any atom is 0.304 e. The molecule has 1 aromatic rings. The lowest BCUT2D eigenvalue weighted by atomic mass is 10.2. The molecule has 1 unspecified atom stereocenters. The van der Waals surface area contributed by atoms with Crippen LogP contribution in [-0.2, 0) is 4.79 Å². The number of thiol groups is 1. The van der Waals surface area contributed by atoms with Gasteiger partial charge in [0.25, 0.3) is 0 Å². The second-order valence-corrected chi connectivity index (χ2v) is 4.29. The van der Waals surface area contributed by atoms with E-state index < -0.39 is 5.97 Å². The summed E-state index contributed by atoms with van der Waals surface area (Å²) in [6.07, 6.45) is 1.67. The number of benzene rings is 1. The highest BCUT2D eigenvalue weighted by Gasteiger charge is 2.07. The van der Waals surface area contributed by atoms with Crippen LogP contribution in [0.1, 0.15) is 19.3 Å². The molecule has 0 bridgehead atoms. The first-order valence-electron chi connectivity index (χ1n) is 5.26. The lowest BCUT2D eigenvalue weighted by Crippen LogP contribution is -2.09. The van der Waals surface area contributed by atoms with Crippen LogP contribution in [0.15, 0.2) is 30.3 Å². The fraction of sp³-hybridized carbons (Fsp3) is 0.417. The standard InChI is InChI=1S/C12H16O3S/c13-12(14)9-11(16)7-4-8-15-10-5-2-1-3-6-10/h1-3,5-6,11,16H,4,7-9H2,(H,13,14). The topological polar surface area (TPSA) is 46.5 Å². The summed E-state index contributed by atoms with van der Waals surface area (Å²) in [5, 5.41) is 8.45. The Kier molecular flexibility index (Phi) is 5.78. The molecule has 1 atom stereocenters. The van der Waals surface area contributed by atoms with Gasteiger partial charge >= 0.3 is 5.97 Å². The normalized spacial score (nSPS) is 12.1. The zero-order valence-corrected chi connectivity index (χ0v) is 9.90. The summed E-state index contributed by atoms with van der Waals surface area (Å²) >= 11 is 4.19. The van der Waals surface area contributed by atoms with Crippen LogP contribution in [0.5, 0.6) is 5.75 Å². The van der Waals surface area contributed by atoms with Gasteiger partial charge in [-0.15, -0.1) is 0 Å². The summed E-state index contributed by atoms with van der Waals surface area (Å²) in [5.74, 6) is 0.0421. The van der Waals surface area contributed by atoms with Crippen molar-refractivity contribution in [2.24, 2.45) is 0 Å². The van der Waals surface area contributed by atoms with E-state index in [1.807, 2.05) is 30.3 Å². The summed E-state index contributed by atoms with van der Waals surface area (Å²) < 4.78 is 5.48. The van der Waals surface area contributed by atoms with Crippen LogP contribution in [0.25, 0.3) is 0 Å². The molecule has 0 aliphatic heterocycles. The minimum atomic E-state index is -0.802. The number of para-hydroxylation sites is 1. The van der Waals surface area contributed by atoms with Crippen molar-refractivity contribution in [1.82, 2.24) is 0 Å². The summed E-state index contributed by atoms with van der Waals surface area (Å²) in [7, 11) is 0. The third-order valence-electron chi connectivity index (χ3n) is 2.10. The Morgan fingerprint density at radius 1 is 1.38 bits per heavy atom. The van der Waals surface area contributed by atoms with Gasteiger partial charge in [-0.2, -0.15) is 12.6 Å². The van der Waals surface area contributed by atoms with Crippen molar-refractivity contribution in [3.05, 3.63) is 30.3 Å². The third-order valence-corrected chi connectivity index (χ3v) is 2.54. The number of carboxylic acid groups (broad SMARTS) is 1. The molecule has 0 heterocycles. The Morgan fingerprint density at radius 2 is 2.06 bits per heavy atom. The van der Waals surface area contributed by atoms with E-state index in [-0.39, 0.29) is 11.7 Å². The minimum Gasteiger partial charge on any atom is -0.494 e. The van der Waals surface area contributed by atoms with Gasteiger partial charge in [-0.1, -0.05) is 18.2 Å². The predicted octanol–water partition coefficient (Wildman–Crippen LogP) is 2.62. The first kappa shape index (κ1) is 12.9. The first-order valence-corrected chi connectivity index (χ1v) is 5.78. The van der Waals surface area contributed by atoms with E-state index >= 15 is 0 Å². The van der Waals surface area contributed by atoms with E-state index in [1.54, 1.807) is 0 Å². The van der Waals surface area contributed by atoms with Gasteiger partial charge in [0.2, 0.25) is 0 Å².